The lowest BCUT2D eigenvalue weighted by Gasteiger charge is -2.37. The second kappa shape index (κ2) is 10.8. The molecule has 3 aliphatic rings. The van der Waals surface area contributed by atoms with E-state index in [9.17, 15) is 19.6 Å². The van der Waals surface area contributed by atoms with E-state index in [0.717, 1.165) is 18.4 Å². The normalized spacial score (nSPS) is 23.7. The Balaban J connectivity index is 1.34. The molecule has 2 amide bonds. The molecular weight excluding hydrogens is 564 g/mol. The lowest BCUT2D eigenvalue weighted by Crippen LogP contribution is -2.53. The molecule has 2 heterocycles. The van der Waals surface area contributed by atoms with E-state index in [1.165, 1.54) is 11.3 Å². The van der Waals surface area contributed by atoms with Crippen LogP contribution in [0.1, 0.15) is 63.7 Å². The number of nitrogen functional groups attached to an aromatic ring is 1. The predicted molar refractivity (Wildman–Crippen MR) is 164 cm³/mol. The Morgan fingerprint density at radius 2 is 1.95 bits per heavy atom. The van der Waals surface area contributed by atoms with Gasteiger partial charge in [-0.2, -0.15) is 5.26 Å². The van der Waals surface area contributed by atoms with Crippen molar-refractivity contribution in [3.63, 3.8) is 0 Å². The van der Waals surface area contributed by atoms with Gasteiger partial charge >= 0.3 is 0 Å². The molecule has 2 fully saturated rings. The number of nitriles is 1. The Labute approximate surface area is 253 Å². The number of likely N-dealkylation sites (tertiary alicyclic amines) is 1. The number of ether oxygens (including phenoxy) is 1. The monoisotopic (exact) mass is 598 g/mol. The third-order valence-corrected chi connectivity index (χ3v) is 10.1. The molecule has 6 rings (SSSR count). The van der Waals surface area contributed by atoms with Crippen molar-refractivity contribution in [2.24, 2.45) is 17.4 Å². The summed E-state index contributed by atoms with van der Waals surface area (Å²) in [4.78, 5) is 42.9. The van der Waals surface area contributed by atoms with Crippen LogP contribution in [-0.2, 0) is 15.1 Å². The number of benzene rings is 2. The van der Waals surface area contributed by atoms with Gasteiger partial charge in [0.05, 0.1) is 22.7 Å². The number of allylic oxidation sites excluding steroid dienone is 1. The van der Waals surface area contributed by atoms with Crippen LogP contribution in [0.25, 0.3) is 10.1 Å². The first-order valence-electron chi connectivity index (χ1n) is 14.4. The molecule has 1 saturated heterocycles. The number of nitrogens with zero attached hydrogens (tertiary/aromatic N) is 2. The minimum Gasteiger partial charge on any atom is -0.497 e. The largest absolute Gasteiger partial charge is 0.497 e. The van der Waals surface area contributed by atoms with Crippen molar-refractivity contribution in [2.45, 2.75) is 50.2 Å². The fraction of sp³-hybridized carbons (Fsp3) is 0.375. The Hall–Kier alpha value is -4.24. The van der Waals surface area contributed by atoms with E-state index < -0.39 is 17.4 Å². The van der Waals surface area contributed by atoms with Gasteiger partial charge in [0.15, 0.2) is 5.78 Å². The van der Waals surface area contributed by atoms with Gasteiger partial charge in [0.2, 0.25) is 0 Å². The molecule has 0 radical (unpaired) electrons. The lowest BCUT2D eigenvalue weighted by atomic mass is 9.69. The summed E-state index contributed by atoms with van der Waals surface area (Å²) in [7, 11) is 1.57. The molecule has 11 heteroatoms. The average Bonchev–Trinajstić information content (AvgIpc) is 3.74. The van der Waals surface area contributed by atoms with Crippen molar-refractivity contribution in [2.75, 3.05) is 25.9 Å². The quantitative estimate of drug-likeness (QED) is 0.190. The highest BCUT2D eigenvalue weighted by molar-refractivity contribution is 7.21. The fourth-order valence-corrected chi connectivity index (χ4v) is 7.59. The molecule has 2 aromatic carbocycles. The van der Waals surface area contributed by atoms with E-state index >= 15 is 0 Å². The van der Waals surface area contributed by atoms with Gasteiger partial charge in [-0.05, 0) is 73.4 Å². The molecule has 222 valence electrons. The van der Waals surface area contributed by atoms with E-state index in [4.69, 9.17) is 21.9 Å². The van der Waals surface area contributed by atoms with Crippen molar-refractivity contribution < 1.29 is 19.1 Å². The highest BCUT2D eigenvalue weighted by atomic mass is 32.1. The van der Waals surface area contributed by atoms with Crippen LogP contribution in [0.2, 0.25) is 0 Å². The number of thiophene rings is 1. The van der Waals surface area contributed by atoms with Crippen LogP contribution in [0.3, 0.4) is 0 Å². The fourth-order valence-electron chi connectivity index (χ4n) is 6.39. The lowest BCUT2D eigenvalue weighted by molar-refractivity contribution is -0.128. The Morgan fingerprint density at radius 1 is 1.21 bits per heavy atom. The summed E-state index contributed by atoms with van der Waals surface area (Å²) in [6, 6.07) is 9.36. The number of methoxy groups -OCH3 is 1. The van der Waals surface area contributed by atoms with Gasteiger partial charge in [0.1, 0.15) is 22.9 Å². The number of carbonyl (C=O) groups excluding carboxylic acids is 3. The Kier molecular flexibility index (Phi) is 7.24. The van der Waals surface area contributed by atoms with Gasteiger partial charge < -0.3 is 32.2 Å². The highest BCUT2D eigenvalue weighted by Gasteiger charge is 2.49. The molecule has 0 spiro atoms. The van der Waals surface area contributed by atoms with Crippen LogP contribution < -0.4 is 27.3 Å². The number of carbonyl (C=O) groups is 3. The van der Waals surface area contributed by atoms with Gasteiger partial charge in [0, 0.05) is 35.8 Å². The zero-order valence-electron chi connectivity index (χ0n) is 24.1. The first kappa shape index (κ1) is 28.9. The summed E-state index contributed by atoms with van der Waals surface area (Å²) < 4.78 is 5.99. The van der Waals surface area contributed by atoms with Gasteiger partial charge in [0.25, 0.3) is 11.8 Å². The minimum atomic E-state index is -1.56. The summed E-state index contributed by atoms with van der Waals surface area (Å²) in [5, 5.41) is 13.2. The van der Waals surface area contributed by atoms with Crippen LogP contribution in [0, 0.1) is 24.2 Å². The van der Waals surface area contributed by atoms with E-state index in [2.05, 4.69) is 5.32 Å². The van der Waals surface area contributed by atoms with Crippen molar-refractivity contribution in [3.05, 3.63) is 69.1 Å². The topological polar surface area (TPSA) is 178 Å². The van der Waals surface area contributed by atoms with E-state index in [1.54, 1.807) is 42.4 Å². The molecule has 0 bridgehead atoms. The molecular formula is C32H34N6O4S. The molecule has 1 saturated carbocycles. The maximum absolute atomic E-state index is 14.1. The highest BCUT2D eigenvalue weighted by Crippen LogP contribution is 2.50. The standard InChI is InChI=1S/C32H34N6O4S/c1-16-12-20(42-2)7-8-21(16)32(36)22-9-10-23(34)27-24(22)25(26(35)29(32)39)28(43-27)30(40)37-19-4-3-11-38(15-19)31(41)18(14-33)13-17-5-6-17/h7-10,12-13,17,19,26H,3-6,11,15,34-36H2,1-2H3,(H,37,40)/b18-13+. The summed E-state index contributed by atoms with van der Waals surface area (Å²) in [6.45, 7) is 2.67. The summed E-state index contributed by atoms with van der Waals surface area (Å²) in [6.07, 6.45) is 5.11. The Morgan fingerprint density at radius 3 is 2.63 bits per heavy atom. The second-order valence-corrected chi connectivity index (χ2v) is 12.7. The average molecular weight is 599 g/mol. The van der Waals surface area contributed by atoms with Crippen LogP contribution in [-0.4, -0.2) is 48.7 Å². The predicted octanol–water partition coefficient (Wildman–Crippen LogP) is 3.17. The van der Waals surface area contributed by atoms with Gasteiger partial charge in [-0.1, -0.05) is 18.2 Å². The SMILES string of the molecule is COc1ccc(C2(N)C(=O)C(N)c3c(C(=O)NC4CCCN(C(=O)/C(C#N)=C/C5CC5)C4)sc4c(N)ccc2c34)c(C)c1. The number of piperidine rings is 1. The van der Waals surface area contributed by atoms with Crippen LogP contribution >= 0.6 is 11.3 Å². The number of hydrogen-bond donors (Lipinski definition) is 4. The smallest absolute Gasteiger partial charge is 0.264 e. The number of anilines is 1. The van der Waals surface area contributed by atoms with E-state index in [0.29, 0.717) is 68.4 Å². The molecule has 2 aliphatic carbocycles. The van der Waals surface area contributed by atoms with Crippen molar-refractivity contribution in [3.8, 4) is 11.8 Å². The Bertz CT molecular complexity index is 1750. The number of hydrogen-bond acceptors (Lipinski definition) is 9. The summed E-state index contributed by atoms with van der Waals surface area (Å²) in [5.74, 6) is -0.172. The number of amides is 2. The number of ketones is 1. The molecule has 1 aliphatic heterocycles. The summed E-state index contributed by atoms with van der Waals surface area (Å²) in [5.41, 5.74) is 21.4. The zero-order valence-corrected chi connectivity index (χ0v) is 24.9. The van der Waals surface area contributed by atoms with Gasteiger partial charge in [-0.15, -0.1) is 11.3 Å². The maximum Gasteiger partial charge on any atom is 0.264 e. The number of nitrogens with one attached hydrogen (secondary N) is 1. The number of nitrogens with two attached hydrogens (primary N) is 3. The molecule has 43 heavy (non-hydrogen) atoms. The third-order valence-electron chi connectivity index (χ3n) is 8.80. The number of Topliss-reactive ketones (excluding diaryl/α,β-unsaturated/α-hetero) is 1. The summed E-state index contributed by atoms with van der Waals surface area (Å²) >= 11 is 1.19. The van der Waals surface area contributed by atoms with E-state index in [-0.39, 0.29) is 30.0 Å². The molecule has 3 aromatic rings. The second-order valence-electron chi connectivity index (χ2n) is 11.7. The molecule has 7 N–H and O–H groups in total. The number of rotatable bonds is 6. The van der Waals surface area contributed by atoms with Gasteiger partial charge in [-0.25, -0.2) is 0 Å². The van der Waals surface area contributed by atoms with Crippen LogP contribution in [0.15, 0.2) is 42.0 Å². The molecule has 10 nitrogen and oxygen atoms in total. The zero-order chi connectivity index (χ0) is 30.6. The van der Waals surface area contributed by atoms with E-state index in [1.807, 2.05) is 19.1 Å². The first-order valence-corrected chi connectivity index (χ1v) is 15.2. The van der Waals surface area contributed by atoms with Crippen molar-refractivity contribution >= 4 is 44.7 Å². The third kappa shape index (κ3) is 4.76. The molecule has 3 atom stereocenters. The van der Waals surface area contributed by atoms with Crippen molar-refractivity contribution in [1.29, 1.82) is 5.26 Å². The molecule has 1 aromatic heterocycles. The van der Waals surface area contributed by atoms with Gasteiger partial charge in [-0.3, -0.25) is 14.4 Å². The van der Waals surface area contributed by atoms with Crippen LogP contribution in [0.5, 0.6) is 5.75 Å². The van der Waals surface area contributed by atoms with Crippen molar-refractivity contribution in [1.82, 2.24) is 10.2 Å². The maximum atomic E-state index is 14.1. The first-order chi connectivity index (χ1) is 20.6. The molecule has 3 unspecified atom stereocenters. The minimum absolute atomic E-state index is 0.160. The number of aryl methyl sites for hydroxylation is 1. The van der Waals surface area contributed by atoms with Crippen LogP contribution in [0.4, 0.5) is 5.69 Å².